The molecular formula is C19H18O5. The van der Waals surface area contributed by atoms with Crippen LogP contribution in [0.3, 0.4) is 0 Å². The highest BCUT2D eigenvalue weighted by Crippen LogP contribution is 2.15. The van der Waals surface area contributed by atoms with Crippen molar-refractivity contribution in [2.45, 2.75) is 6.92 Å². The molecule has 0 amide bonds. The van der Waals surface area contributed by atoms with Crippen molar-refractivity contribution in [3.05, 3.63) is 65.7 Å². The summed E-state index contributed by atoms with van der Waals surface area (Å²) >= 11 is 0. The maximum atomic E-state index is 11.8. The van der Waals surface area contributed by atoms with Crippen LogP contribution in [0.1, 0.15) is 22.8 Å². The Bertz CT molecular complexity index is 714. The van der Waals surface area contributed by atoms with Crippen molar-refractivity contribution in [2.75, 3.05) is 13.7 Å². The largest absolute Gasteiger partial charge is 0.494 e. The van der Waals surface area contributed by atoms with E-state index in [1.807, 2.05) is 31.2 Å². The molecule has 0 atom stereocenters. The molecule has 0 fully saturated rings. The van der Waals surface area contributed by atoms with Crippen LogP contribution in [0, 0.1) is 0 Å². The summed E-state index contributed by atoms with van der Waals surface area (Å²) in [5.41, 5.74) is 1.25. The second-order valence-corrected chi connectivity index (χ2v) is 4.77. The van der Waals surface area contributed by atoms with Gasteiger partial charge in [0.25, 0.3) is 0 Å². The minimum atomic E-state index is -0.505. The first-order chi connectivity index (χ1) is 11.6. The van der Waals surface area contributed by atoms with E-state index < -0.39 is 11.9 Å². The number of rotatable bonds is 6. The minimum absolute atomic E-state index is 0.351. The number of hydrogen-bond acceptors (Lipinski definition) is 5. The highest BCUT2D eigenvalue weighted by atomic mass is 16.5. The van der Waals surface area contributed by atoms with Gasteiger partial charge < -0.3 is 14.2 Å². The zero-order chi connectivity index (χ0) is 17.4. The zero-order valence-corrected chi connectivity index (χ0v) is 13.5. The first-order valence-corrected chi connectivity index (χ1v) is 7.43. The molecule has 0 bridgehead atoms. The zero-order valence-electron chi connectivity index (χ0n) is 13.5. The molecule has 0 aromatic heterocycles. The summed E-state index contributed by atoms with van der Waals surface area (Å²) in [6.07, 6.45) is 2.99. The molecule has 24 heavy (non-hydrogen) atoms. The van der Waals surface area contributed by atoms with Gasteiger partial charge >= 0.3 is 11.9 Å². The molecule has 0 aliphatic heterocycles. The van der Waals surface area contributed by atoms with Crippen molar-refractivity contribution < 1.29 is 23.8 Å². The molecule has 2 aromatic carbocycles. The van der Waals surface area contributed by atoms with Gasteiger partial charge in [0.1, 0.15) is 11.5 Å². The third kappa shape index (κ3) is 4.98. The monoisotopic (exact) mass is 326 g/mol. The molecule has 0 N–H and O–H groups in total. The van der Waals surface area contributed by atoms with Crippen LogP contribution in [0.5, 0.6) is 11.5 Å². The molecule has 0 heterocycles. The minimum Gasteiger partial charge on any atom is -0.494 e. The van der Waals surface area contributed by atoms with E-state index in [9.17, 15) is 9.59 Å². The Balaban J connectivity index is 1.93. The van der Waals surface area contributed by atoms with Gasteiger partial charge in [-0.1, -0.05) is 12.1 Å². The number of carbonyl (C=O) groups is 2. The lowest BCUT2D eigenvalue weighted by atomic mass is 10.2. The van der Waals surface area contributed by atoms with Gasteiger partial charge in [-0.25, -0.2) is 9.59 Å². The van der Waals surface area contributed by atoms with Crippen LogP contribution in [-0.2, 0) is 9.53 Å². The van der Waals surface area contributed by atoms with E-state index in [4.69, 9.17) is 9.47 Å². The van der Waals surface area contributed by atoms with Crippen molar-refractivity contribution in [1.82, 2.24) is 0 Å². The second-order valence-electron chi connectivity index (χ2n) is 4.77. The van der Waals surface area contributed by atoms with E-state index in [1.54, 1.807) is 6.08 Å². The number of hydrogen-bond donors (Lipinski definition) is 0. The van der Waals surface area contributed by atoms with E-state index >= 15 is 0 Å². The fourth-order valence-electron chi connectivity index (χ4n) is 1.93. The lowest BCUT2D eigenvalue weighted by Crippen LogP contribution is -2.05. The molecule has 0 aliphatic rings. The summed E-state index contributed by atoms with van der Waals surface area (Å²) < 4.78 is 15.1. The molecule has 0 radical (unpaired) electrons. The molecule has 0 saturated carbocycles. The van der Waals surface area contributed by atoms with Crippen LogP contribution >= 0.6 is 0 Å². The standard InChI is InChI=1S/C19H18O5/c1-3-23-16-9-4-14(5-10-16)6-13-18(20)24-17-11-7-15(8-12-17)19(21)22-2/h4-13H,3H2,1-2H3/b13-6+. The summed E-state index contributed by atoms with van der Waals surface area (Å²) in [6, 6.07) is 13.5. The van der Waals surface area contributed by atoms with E-state index in [0.717, 1.165) is 11.3 Å². The summed E-state index contributed by atoms with van der Waals surface area (Å²) in [5, 5.41) is 0. The molecule has 0 unspecified atom stereocenters. The molecule has 2 aromatic rings. The molecule has 5 heteroatoms. The van der Waals surface area contributed by atoms with Crippen molar-refractivity contribution >= 4 is 18.0 Å². The van der Waals surface area contributed by atoms with Crippen molar-refractivity contribution in [3.8, 4) is 11.5 Å². The number of carbonyl (C=O) groups excluding carboxylic acids is 2. The first-order valence-electron chi connectivity index (χ1n) is 7.43. The first kappa shape index (κ1) is 17.3. The molecule has 0 saturated heterocycles. The third-order valence-electron chi connectivity index (χ3n) is 3.10. The smallest absolute Gasteiger partial charge is 0.337 e. The van der Waals surface area contributed by atoms with Crippen molar-refractivity contribution in [1.29, 1.82) is 0 Å². The van der Waals surface area contributed by atoms with Crippen LogP contribution in [0.15, 0.2) is 54.6 Å². The average Bonchev–Trinajstić information content (AvgIpc) is 2.61. The Morgan fingerprint density at radius 2 is 1.58 bits per heavy atom. The Kier molecular flexibility index (Phi) is 6.14. The van der Waals surface area contributed by atoms with E-state index in [2.05, 4.69) is 4.74 Å². The Morgan fingerprint density at radius 1 is 0.958 bits per heavy atom. The lowest BCUT2D eigenvalue weighted by molar-refractivity contribution is -0.128. The van der Waals surface area contributed by atoms with E-state index in [-0.39, 0.29) is 0 Å². The Labute approximate surface area is 140 Å². The van der Waals surface area contributed by atoms with Crippen molar-refractivity contribution in [3.63, 3.8) is 0 Å². The highest BCUT2D eigenvalue weighted by Gasteiger charge is 2.06. The second kappa shape index (κ2) is 8.53. The van der Waals surface area contributed by atoms with Crippen molar-refractivity contribution in [2.24, 2.45) is 0 Å². The SMILES string of the molecule is CCOc1ccc(/C=C/C(=O)Oc2ccc(C(=O)OC)cc2)cc1. The average molecular weight is 326 g/mol. The summed E-state index contributed by atoms with van der Waals surface area (Å²) in [4.78, 5) is 23.1. The van der Waals surface area contributed by atoms with E-state index in [0.29, 0.717) is 17.9 Å². The fraction of sp³-hybridized carbons (Fsp3) is 0.158. The number of esters is 2. The normalized spacial score (nSPS) is 10.4. The maximum Gasteiger partial charge on any atom is 0.337 e. The van der Waals surface area contributed by atoms with Gasteiger partial charge in [-0.3, -0.25) is 0 Å². The van der Waals surface area contributed by atoms with Gasteiger partial charge in [-0.2, -0.15) is 0 Å². The quantitative estimate of drug-likeness (QED) is 0.462. The van der Waals surface area contributed by atoms with Gasteiger partial charge in [0.05, 0.1) is 19.3 Å². The Hall–Kier alpha value is -3.08. The van der Waals surface area contributed by atoms with Gasteiger partial charge in [0.15, 0.2) is 0 Å². The summed E-state index contributed by atoms with van der Waals surface area (Å²) in [5.74, 6) is 0.185. The topological polar surface area (TPSA) is 61.8 Å². The van der Waals surface area contributed by atoms with Crippen LogP contribution in [-0.4, -0.2) is 25.7 Å². The van der Waals surface area contributed by atoms with Crippen LogP contribution in [0.2, 0.25) is 0 Å². The van der Waals surface area contributed by atoms with Gasteiger partial charge in [-0.15, -0.1) is 0 Å². The third-order valence-corrected chi connectivity index (χ3v) is 3.10. The number of methoxy groups -OCH3 is 1. The predicted molar refractivity (Wildman–Crippen MR) is 90.1 cm³/mol. The van der Waals surface area contributed by atoms with Crippen LogP contribution in [0.4, 0.5) is 0 Å². The summed E-state index contributed by atoms with van der Waals surface area (Å²) in [7, 11) is 1.31. The molecule has 5 nitrogen and oxygen atoms in total. The molecule has 0 aliphatic carbocycles. The van der Waals surface area contributed by atoms with Crippen LogP contribution in [0.25, 0.3) is 6.08 Å². The Morgan fingerprint density at radius 3 is 2.17 bits per heavy atom. The molecular weight excluding hydrogens is 308 g/mol. The van der Waals surface area contributed by atoms with Gasteiger partial charge in [0.2, 0.25) is 0 Å². The lowest BCUT2D eigenvalue weighted by Gasteiger charge is -2.03. The maximum absolute atomic E-state index is 11.8. The number of benzene rings is 2. The fourth-order valence-corrected chi connectivity index (χ4v) is 1.93. The van der Waals surface area contributed by atoms with Gasteiger partial charge in [0, 0.05) is 6.08 Å². The number of ether oxygens (including phenoxy) is 3. The summed E-state index contributed by atoms with van der Waals surface area (Å²) in [6.45, 7) is 2.53. The predicted octanol–water partition coefficient (Wildman–Crippen LogP) is 3.49. The molecule has 0 spiro atoms. The van der Waals surface area contributed by atoms with Crippen LogP contribution < -0.4 is 9.47 Å². The van der Waals surface area contributed by atoms with Gasteiger partial charge in [-0.05, 0) is 55.0 Å². The molecule has 2 rings (SSSR count). The van der Waals surface area contributed by atoms with E-state index in [1.165, 1.54) is 37.5 Å². The highest BCUT2D eigenvalue weighted by molar-refractivity contribution is 5.90. The molecule has 124 valence electrons.